The third kappa shape index (κ3) is 3.97. The summed E-state index contributed by atoms with van der Waals surface area (Å²) in [6.07, 6.45) is 0. The predicted molar refractivity (Wildman–Crippen MR) is 101 cm³/mol. The maximum absolute atomic E-state index is 12.3. The van der Waals surface area contributed by atoms with Crippen LogP contribution >= 0.6 is 11.3 Å². The van der Waals surface area contributed by atoms with Gasteiger partial charge in [0.25, 0.3) is 10.0 Å². The lowest BCUT2D eigenvalue weighted by Crippen LogP contribution is -2.13. The zero-order valence-electron chi connectivity index (χ0n) is 14.1. The number of para-hydroxylation sites is 1. The summed E-state index contributed by atoms with van der Waals surface area (Å²) in [5.74, 6) is 0.727. The molecule has 0 aliphatic rings. The molecule has 6 nitrogen and oxygen atoms in total. The van der Waals surface area contributed by atoms with Crippen LogP contribution in [0.5, 0.6) is 0 Å². The van der Waals surface area contributed by atoms with Gasteiger partial charge in [-0.1, -0.05) is 18.2 Å². The summed E-state index contributed by atoms with van der Waals surface area (Å²) in [4.78, 5) is 0.930. The number of hydrogen-bond acceptors (Lipinski definition) is 6. The number of thiophene rings is 1. The van der Waals surface area contributed by atoms with Crippen molar-refractivity contribution in [2.75, 3.05) is 10.0 Å². The number of hydrogen-bond donors (Lipinski definition) is 2. The van der Waals surface area contributed by atoms with Crippen LogP contribution in [0.25, 0.3) is 0 Å². The van der Waals surface area contributed by atoms with E-state index in [-0.39, 0.29) is 10.0 Å². The number of aryl methyl sites for hydroxylation is 3. The summed E-state index contributed by atoms with van der Waals surface area (Å²) in [6.45, 7) is 5.88. The van der Waals surface area contributed by atoms with Crippen LogP contribution in [0.2, 0.25) is 0 Å². The highest BCUT2D eigenvalue weighted by Crippen LogP contribution is 2.25. The average Bonchev–Trinajstić information content (AvgIpc) is 3.00. The molecule has 2 N–H and O–H groups in total. The minimum atomic E-state index is -3.63. The van der Waals surface area contributed by atoms with Gasteiger partial charge in [0.1, 0.15) is 4.21 Å². The van der Waals surface area contributed by atoms with Crippen LogP contribution in [0.1, 0.15) is 16.0 Å². The molecular weight excluding hydrogens is 356 g/mol. The van der Waals surface area contributed by atoms with E-state index in [9.17, 15) is 8.42 Å². The van der Waals surface area contributed by atoms with Crippen molar-refractivity contribution in [2.24, 2.45) is 0 Å². The summed E-state index contributed by atoms with van der Waals surface area (Å²) in [5.41, 5.74) is 3.17. The van der Waals surface area contributed by atoms with Gasteiger partial charge in [-0.3, -0.25) is 4.72 Å². The number of nitrogens with zero attached hydrogens (tertiary/aromatic N) is 2. The molecule has 0 unspecified atom stereocenters. The summed E-state index contributed by atoms with van der Waals surface area (Å²) in [6, 6.07) is 12.6. The molecule has 2 heterocycles. The number of benzene rings is 1. The van der Waals surface area contributed by atoms with Gasteiger partial charge in [-0.05, 0) is 56.2 Å². The molecule has 0 saturated carbocycles. The van der Waals surface area contributed by atoms with E-state index in [2.05, 4.69) is 20.2 Å². The van der Waals surface area contributed by atoms with Gasteiger partial charge in [0.15, 0.2) is 11.6 Å². The highest BCUT2D eigenvalue weighted by molar-refractivity contribution is 7.94. The fourth-order valence-electron chi connectivity index (χ4n) is 2.34. The molecule has 25 heavy (non-hydrogen) atoms. The largest absolute Gasteiger partial charge is 0.338 e. The highest BCUT2D eigenvalue weighted by Gasteiger charge is 2.17. The smallest absolute Gasteiger partial charge is 0.272 e. The van der Waals surface area contributed by atoms with E-state index in [1.54, 1.807) is 24.3 Å². The molecule has 130 valence electrons. The molecule has 0 atom stereocenters. The monoisotopic (exact) mass is 374 g/mol. The minimum Gasteiger partial charge on any atom is -0.338 e. The Hall–Kier alpha value is -2.45. The van der Waals surface area contributed by atoms with Gasteiger partial charge in [0, 0.05) is 10.6 Å². The van der Waals surface area contributed by atoms with Gasteiger partial charge in [-0.15, -0.1) is 21.5 Å². The second-order valence-electron chi connectivity index (χ2n) is 5.67. The Kier molecular flexibility index (Phi) is 4.73. The Labute approximate surface area is 151 Å². The molecule has 1 aromatic carbocycles. The maximum atomic E-state index is 12.3. The van der Waals surface area contributed by atoms with Crippen LogP contribution in [-0.4, -0.2) is 18.6 Å². The molecule has 0 spiro atoms. The van der Waals surface area contributed by atoms with Crippen LogP contribution in [-0.2, 0) is 10.0 Å². The van der Waals surface area contributed by atoms with Gasteiger partial charge in [-0.25, -0.2) is 8.42 Å². The molecule has 2 aromatic heterocycles. The van der Waals surface area contributed by atoms with E-state index in [4.69, 9.17) is 0 Å². The molecule has 0 amide bonds. The molecule has 3 aromatic rings. The molecule has 0 aliphatic heterocycles. The molecule has 0 fully saturated rings. The SMILES string of the molecule is Cc1ccc(S(=O)(=O)Nc2ccc(Nc3c(C)cccc3C)nn2)s1. The van der Waals surface area contributed by atoms with Gasteiger partial charge in [-0.2, -0.15) is 0 Å². The van der Waals surface area contributed by atoms with Crippen molar-refractivity contribution >= 4 is 38.7 Å². The normalized spacial score (nSPS) is 11.3. The Morgan fingerprint density at radius 2 is 1.52 bits per heavy atom. The van der Waals surface area contributed by atoms with E-state index in [0.29, 0.717) is 5.82 Å². The van der Waals surface area contributed by atoms with Crippen molar-refractivity contribution in [1.29, 1.82) is 0 Å². The zero-order chi connectivity index (χ0) is 18.0. The van der Waals surface area contributed by atoms with Crippen molar-refractivity contribution in [3.63, 3.8) is 0 Å². The molecule has 0 radical (unpaired) electrons. The van der Waals surface area contributed by atoms with Gasteiger partial charge < -0.3 is 5.32 Å². The van der Waals surface area contributed by atoms with Gasteiger partial charge in [0.2, 0.25) is 0 Å². The second kappa shape index (κ2) is 6.81. The number of rotatable bonds is 5. The molecule has 0 bridgehead atoms. The van der Waals surface area contributed by atoms with Crippen molar-refractivity contribution in [3.05, 3.63) is 58.5 Å². The quantitative estimate of drug-likeness (QED) is 0.705. The molecule has 0 saturated heterocycles. The van der Waals surface area contributed by atoms with Crippen molar-refractivity contribution in [3.8, 4) is 0 Å². The van der Waals surface area contributed by atoms with Crippen molar-refractivity contribution < 1.29 is 8.42 Å². The first kappa shape index (κ1) is 17.4. The lowest BCUT2D eigenvalue weighted by molar-refractivity contribution is 0.603. The number of sulfonamides is 1. The Morgan fingerprint density at radius 3 is 2.08 bits per heavy atom. The lowest BCUT2D eigenvalue weighted by Gasteiger charge is -2.11. The zero-order valence-corrected chi connectivity index (χ0v) is 15.7. The highest BCUT2D eigenvalue weighted by atomic mass is 32.2. The van der Waals surface area contributed by atoms with Crippen molar-refractivity contribution in [2.45, 2.75) is 25.0 Å². The predicted octanol–water partition coefficient (Wildman–Crippen LogP) is 4.01. The van der Waals surface area contributed by atoms with E-state index in [1.807, 2.05) is 39.0 Å². The van der Waals surface area contributed by atoms with Gasteiger partial charge >= 0.3 is 0 Å². The fourth-order valence-corrected chi connectivity index (χ4v) is 4.62. The maximum Gasteiger partial charge on any atom is 0.272 e. The third-order valence-corrected chi connectivity index (χ3v) is 6.47. The average molecular weight is 374 g/mol. The van der Waals surface area contributed by atoms with Crippen LogP contribution in [0.15, 0.2) is 46.7 Å². The summed E-state index contributed by atoms with van der Waals surface area (Å²) in [5, 5.41) is 11.2. The van der Waals surface area contributed by atoms with Crippen LogP contribution < -0.4 is 10.0 Å². The number of nitrogens with one attached hydrogen (secondary N) is 2. The first-order valence-electron chi connectivity index (χ1n) is 7.61. The first-order chi connectivity index (χ1) is 11.8. The summed E-state index contributed by atoms with van der Waals surface area (Å²) >= 11 is 1.21. The topological polar surface area (TPSA) is 84.0 Å². The molecule has 8 heteroatoms. The summed E-state index contributed by atoms with van der Waals surface area (Å²) in [7, 11) is -3.63. The number of anilines is 3. The van der Waals surface area contributed by atoms with Crippen LogP contribution in [0.3, 0.4) is 0 Å². The van der Waals surface area contributed by atoms with Crippen LogP contribution in [0.4, 0.5) is 17.3 Å². The third-order valence-electron chi connectivity index (χ3n) is 3.62. The Bertz CT molecular complexity index is 975. The summed E-state index contributed by atoms with van der Waals surface area (Å²) < 4.78 is 27.3. The lowest BCUT2D eigenvalue weighted by atomic mass is 10.1. The van der Waals surface area contributed by atoms with E-state index >= 15 is 0 Å². The Balaban J connectivity index is 1.77. The molecule has 3 rings (SSSR count). The standard InChI is InChI=1S/C17H18N4O2S2/c1-11-5-4-6-12(2)17(11)18-14-8-9-15(20-19-14)21-25(22,23)16-10-7-13(3)24-16/h4-10H,1-3H3,(H,18,19)(H,20,21). The first-order valence-corrected chi connectivity index (χ1v) is 9.91. The molecule has 0 aliphatic carbocycles. The number of aromatic nitrogens is 2. The van der Waals surface area contributed by atoms with E-state index < -0.39 is 10.0 Å². The van der Waals surface area contributed by atoms with Crippen molar-refractivity contribution in [1.82, 2.24) is 10.2 Å². The van der Waals surface area contributed by atoms with Gasteiger partial charge in [0.05, 0.1) is 0 Å². The van der Waals surface area contributed by atoms with E-state index in [1.165, 1.54) is 11.3 Å². The molecular formula is C17H18N4O2S2. The fraction of sp³-hybridized carbons (Fsp3) is 0.176. The second-order valence-corrected chi connectivity index (χ2v) is 8.86. The van der Waals surface area contributed by atoms with E-state index in [0.717, 1.165) is 21.7 Å². The Morgan fingerprint density at radius 1 is 0.880 bits per heavy atom. The minimum absolute atomic E-state index is 0.179. The van der Waals surface area contributed by atoms with Crippen LogP contribution in [0, 0.1) is 20.8 Å².